The van der Waals surface area contributed by atoms with Crippen molar-refractivity contribution >= 4 is 17.5 Å². The van der Waals surface area contributed by atoms with Gasteiger partial charge in [-0.1, -0.05) is 37.6 Å². The summed E-state index contributed by atoms with van der Waals surface area (Å²) in [5.74, 6) is -0.332. The topological polar surface area (TPSA) is 52.6 Å². The molecular formula is C16H23ClN2O2. The van der Waals surface area contributed by atoms with Crippen LogP contribution < -0.4 is 5.32 Å². The Bertz CT molecular complexity index is 482. The Morgan fingerprint density at radius 3 is 2.38 bits per heavy atom. The van der Waals surface area contributed by atoms with Crippen molar-refractivity contribution in [1.29, 1.82) is 0 Å². The van der Waals surface area contributed by atoms with Gasteiger partial charge in [-0.15, -0.1) is 0 Å². The number of hydrogen-bond acceptors (Lipinski definition) is 3. The molecule has 1 atom stereocenters. The number of likely N-dealkylation sites (N-methyl/N-ethyl adjacent to an activating group) is 1. The number of nitrogens with one attached hydrogen (secondary N) is 1. The molecule has 0 bridgehead atoms. The van der Waals surface area contributed by atoms with Crippen LogP contribution >= 0.6 is 11.6 Å². The Hall–Kier alpha value is -1.10. The zero-order chi connectivity index (χ0) is 15.5. The SMILES string of the molecule is CCN(CC)CC1(NC(=O)[C@@H](O)c2ccc(Cl)cc2)CC1. The molecule has 0 aromatic heterocycles. The average molecular weight is 311 g/mol. The van der Waals surface area contributed by atoms with E-state index in [2.05, 4.69) is 24.1 Å². The van der Waals surface area contributed by atoms with Crippen LogP contribution in [0.2, 0.25) is 5.02 Å². The monoisotopic (exact) mass is 310 g/mol. The largest absolute Gasteiger partial charge is 0.378 e. The molecule has 2 rings (SSSR count). The molecule has 0 heterocycles. The highest BCUT2D eigenvalue weighted by Gasteiger charge is 2.45. The second-order valence-corrected chi connectivity index (χ2v) is 6.12. The average Bonchev–Trinajstić information content (AvgIpc) is 3.24. The van der Waals surface area contributed by atoms with Crippen molar-refractivity contribution < 1.29 is 9.90 Å². The third-order valence-corrected chi connectivity index (χ3v) is 4.35. The fourth-order valence-corrected chi connectivity index (χ4v) is 2.60. The molecule has 0 radical (unpaired) electrons. The van der Waals surface area contributed by atoms with E-state index in [1.165, 1.54) is 0 Å². The van der Waals surface area contributed by atoms with Crippen molar-refractivity contribution in [3.05, 3.63) is 34.9 Å². The van der Waals surface area contributed by atoms with Crippen LogP contribution in [0, 0.1) is 0 Å². The first-order valence-corrected chi connectivity index (χ1v) is 7.85. The number of carbonyl (C=O) groups is 1. The van der Waals surface area contributed by atoms with Crippen molar-refractivity contribution in [2.45, 2.75) is 38.3 Å². The van der Waals surface area contributed by atoms with E-state index in [-0.39, 0.29) is 11.4 Å². The fraction of sp³-hybridized carbons (Fsp3) is 0.562. The van der Waals surface area contributed by atoms with Crippen LogP contribution in [0.1, 0.15) is 38.4 Å². The van der Waals surface area contributed by atoms with Crippen LogP contribution in [0.4, 0.5) is 0 Å². The molecule has 2 N–H and O–H groups in total. The lowest BCUT2D eigenvalue weighted by Crippen LogP contribution is -2.47. The molecule has 0 unspecified atom stereocenters. The van der Waals surface area contributed by atoms with Crippen LogP contribution in [-0.4, -0.2) is 41.1 Å². The number of nitrogens with zero attached hydrogens (tertiary/aromatic N) is 1. The summed E-state index contributed by atoms with van der Waals surface area (Å²) in [6.45, 7) is 7.01. The number of benzene rings is 1. The molecule has 1 aromatic carbocycles. The number of aliphatic hydroxyl groups is 1. The smallest absolute Gasteiger partial charge is 0.253 e. The van der Waals surface area contributed by atoms with Crippen molar-refractivity contribution in [3.63, 3.8) is 0 Å². The van der Waals surface area contributed by atoms with Gasteiger partial charge < -0.3 is 15.3 Å². The maximum absolute atomic E-state index is 12.2. The molecule has 5 heteroatoms. The van der Waals surface area contributed by atoms with Gasteiger partial charge in [-0.05, 0) is 43.6 Å². The quantitative estimate of drug-likeness (QED) is 0.813. The summed E-state index contributed by atoms with van der Waals surface area (Å²) in [6.07, 6.45) is 0.807. The zero-order valence-electron chi connectivity index (χ0n) is 12.6. The first-order valence-electron chi connectivity index (χ1n) is 7.47. The Kier molecular flexibility index (Phi) is 5.25. The zero-order valence-corrected chi connectivity index (χ0v) is 13.4. The number of hydrogen-bond donors (Lipinski definition) is 2. The summed E-state index contributed by atoms with van der Waals surface area (Å²) in [5, 5.41) is 13.8. The van der Waals surface area contributed by atoms with Crippen LogP contribution in [0.5, 0.6) is 0 Å². The van der Waals surface area contributed by atoms with E-state index in [1.807, 2.05) is 0 Å². The fourth-order valence-electron chi connectivity index (χ4n) is 2.47. The maximum Gasteiger partial charge on any atom is 0.253 e. The lowest BCUT2D eigenvalue weighted by molar-refractivity contribution is -0.130. The minimum Gasteiger partial charge on any atom is -0.378 e. The summed E-state index contributed by atoms with van der Waals surface area (Å²) in [4.78, 5) is 14.5. The van der Waals surface area contributed by atoms with E-state index in [4.69, 9.17) is 11.6 Å². The molecule has 1 amide bonds. The van der Waals surface area contributed by atoms with E-state index in [1.54, 1.807) is 24.3 Å². The number of rotatable bonds is 7. The van der Waals surface area contributed by atoms with Crippen LogP contribution in [0.25, 0.3) is 0 Å². The van der Waals surface area contributed by atoms with Gasteiger partial charge in [0.1, 0.15) is 0 Å². The Balaban J connectivity index is 1.96. The Morgan fingerprint density at radius 1 is 1.33 bits per heavy atom. The van der Waals surface area contributed by atoms with Crippen LogP contribution in [0.3, 0.4) is 0 Å². The minimum absolute atomic E-state index is 0.156. The molecule has 1 saturated carbocycles. The molecule has 0 aliphatic heterocycles. The van der Waals surface area contributed by atoms with Gasteiger partial charge in [-0.3, -0.25) is 4.79 Å². The number of carbonyl (C=O) groups excluding carboxylic acids is 1. The number of amides is 1. The van der Waals surface area contributed by atoms with Crippen LogP contribution in [-0.2, 0) is 4.79 Å². The maximum atomic E-state index is 12.2. The summed E-state index contributed by atoms with van der Waals surface area (Å²) in [6, 6.07) is 6.71. The van der Waals surface area contributed by atoms with E-state index in [9.17, 15) is 9.90 Å². The molecule has 1 aliphatic rings. The van der Waals surface area contributed by atoms with Crippen molar-refractivity contribution in [1.82, 2.24) is 10.2 Å². The highest BCUT2D eigenvalue weighted by Crippen LogP contribution is 2.36. The predicted octanol–water partition coefficient (Wildman–Crippen LogP) is 2.36. The van der Waals surface area contributed by atoms with Gasteiger partial charge >= 0.3 is 0 Å². The molecule has 21 heavy (non-hydrogen) atoms. The molecule has 0 saturated heterocycles. The molecule has 0 spiro atoms. The summed E-state index contributed by atoms with van der Waals surface area (Å²) in [7, 11) is 0. The standard InChI is InChI=1S/C16H23ClN2O2/c1-3-19(4-2)11-16(9-10-16)18-15(21)14(20)12-5-7-13(17)8-6-12/h5-8,14,20H,3-4,9-11H2,1-2H3,(H,18,21)/t14-/m0/s1. The van der Waals surface area contributed by atoms with E-state index in [0.717, 1.165) is 32.5 Å². The molecule has 116 valence electrons. The third-order valence-electron chi connectivity index (χ3n) is 4.10. The van der Waals surface area contributed by atoms with Gasteiger partial charge in [-0.2, -0.15) is 0 Å². The Labute approximate surface area is 131 Å². The van der Waals surface area contributed by atoms with E-state index < -0.39 is 6.10 Å². The van der Waals surface area contributed by atoms with Crippen LogP contribution in [0.15, 0.2) is 24.3 Å². The van der Waals surface area contributed by atoms with Crippen molar-refractivity contribution in [2.75, 3.05) is 19.6 Å². The third kappa shape index (κ3) is 4.19. The van der Waals surface area contributed by atoms with Gasteiger partial charge in [0, 0.05) is 11.6 Å². The summed E-state index contributed by atoms with van der Waals surface area (Å²) in [5.41, 5.74) is 0.409. The Morgan fingerprint density at radius 2 is 1.90 bits per heavy atom. The molecule has 1 aliphatic carbocycles. The number of aliphatic hydroxyl groups excluding tert-OH is 1. The van der Waals surface area contributed by atoms with Gasteiger partial charge in [0.05, 0.1) is 5.54 Å². The lowest BCUT2D eigenvalue weighted by atomic mass is 10.1. The molecule has 1 aromatic rings. The normalized spacial score (nSPS) is 17.6. The molecular weight excluding hydrogens is 288 g/mol. The van der Waals surface area contributed by atoms with E-state index in [0.29, 0.717) is 10.6 Å². The highest BCUT2D eigenvalue weighted by atomic mass is 35.5. The van der Waals surface area contributed by atoms with Gasteiger partial charge in [0.25, 0.3) is 5.91 Å². The van der Waals surface area contributed by atoms with Crippen molar-refractivity contribution in [2.24, 2.45) is 0 Å². The van der Waals surface area contributed by atoms with Gasteiger partial charge in [0.15, 0.2) is 6.10 Å². The first kappa shape index (κ1) is 16.3. The predicted molar refractivity (Wildman–Crippen MR) is 84.3 cm³/mol. The van der Waals surface area contributed by atoms with Gasteiger partial charge in [0.2, 0.25) is 0 Å². The molecule has 1 fully saturated rings. The number of halogens is 1. The molecule has 4 nitrogen and oxygen atoms in total. The minimum atomic E-state index is -1.14. The highest BCUT2D eigenvalue weighted by molar-refractivity contribution is 6.30. The first-order chi connectivity index (χ1) is 9.99. The van der Waals surface area contributed by atoms with Gasteiger partial charge in [-0.25, -0.2) is 0 Å². The second kappa shape index (κ2) is 6.77. The second-order valence-electron chi connectivity index (χ2n) is 5.69. The van der Waals surface area contributed by atoms with E-state index >= 15 is 0 Å². The summed E-state index contributed by atoms with van der Waals surface area (Å²) < 4.78 is 0. The summed E-state index contributed by atoms with van der Waals surface area (Å²) >= 11 is 5.81. The lowest BCUT2D eigenvalue weighted by Gasteiger charge is -2.26. The van der Waals surface area contributed by atoms with Crippen molar-refractivity contribution in [3.8, 4) is 0 Å².